The Bertz CT molecular complexity index is 713. The van der Waals surface area contributed by atoms with Crippen LogP contribution in [0.15, 0.2) is 23.1 Å². The van der Waals surface area contributed by atoms with Crippen molar-refractivity contribution in [3.05, 3.63) is 28.8 Å². The van der Waals surface area contributed by atoms with Gasteiger partial charge in [0.1, 0.15) is 4.90 Å². The maximum Gasteiger partial charge on any atom is 0.244 e. The maximum absolute atomic E-state index is 13.1. The van der Waals surface area contributed by atoms with E-state index in [0.717, 1.165) is 24.8 Å². The molecule has 1 aromatic carbocycles. The summed E-state index contributed by atoms with van der Waals surface area (Å²) in [5.41, 5.74) is 1.24. The molecule has 1 heterocycles. The van der Waals surface area contributed by atoms with Crippen LogP contribution in [0.5, 0.6) is 0 Å². The molecule has 2 fully saturated rings. The Morgan fingerprint density at radius 2 is 1.91 bits per heavy atom. The van der Waals surface area contributed by atoms with Crippen LogP contribution in [0.2, 0.25) is 5.02 Å². The number of hydrogen-bond acceptors (Lipinski definition) is 2. The number of fused-ring (bicyclic) bond motifs is 2. The van der Waals surface area contributed by atoms with Crippen LogP contribution in [0.1, 0.15) is 45.6 Å². The summed E-state index contributed by atoms with van der Waals surface area (Å²) in [6, 6.07) is 5.27. The van der Waals surface area contributed by atoms with Gasteiger partial charge in [0.2, 0.25) is 10.0 Å². The van der Waals surface area contributed by atoms with Crippen molar-refractivity contribution >= 4 is 21.6 Å². The zero-order chi connectivity index (χ0) is 16.3. The molecule has 2 atom stereocenters. The molecule has 5 heteroatoms. The molecule has 122 valence electrons. The fraction of sp³-hybridized carbons (Fsp3) is 0.647. The van der Waals surface area contributed by atoms with Crippen LogP contribution in [0.25, 0.3) is 0 Å². The van der Waals surface area contributed by atoms with E-state index in [9.17, 15) is 8.42 Å². The van der Waals surface area contributed by atoms with E-state index in [1.54, 1.807) is 16.4 Å². The number of sulfonamides is 1. The Hall–Kier alpha value is -0.580. The second-order valence-electron chi connectivity index (χ2n) is 8.20. The van der Waals surface area contributed by atoms with Crippen LogP contribution in [0.4, 0.5) is 0 Å². The van der Waals surface area contributed by atoms with Gasteiger partial charge in [-0.2, -0.15) is 4.31 Å². The minimum Gasteiger partial charge on any atom is -0.207 e. The molecule has 1 aromatic rings. The molecular formula is C17H24ClNO2S. The van der Waals surface area contributed by atoms with E-state index in [0.29, 0.717) is 11.6 Å². The second kappa shape index (κ2) is 4.96. The summed E-state index contributed by atoms with van der Waals surface area (Å²) >= 11 is 6.22. The molecular weight excluding hydrogens is 318 g/mol. The van der Waals surface area contributed by atoms with Crippen molar-refractivity contribution in [2.45, 2.75) is 57.9 Å². The third kappa shape index (κ3) is 2.70. The quantitative estimate of drug-likeness (QED) is 0.806. The molecule has 0 spiro atoms. The van der Waals surface area contributed by atoms with Gasteiger partial charge >= 0.3 is 0 Å². The maximum atomic E-state index is 13.1. The average Bonchev–Trinajstić information content (AvgIpc) is 2.58. The normalized spacial score (nSPS) is 31.4. The number of benzene rings is 1. The van der Waals surface area contributed by atoms with Crippen LogP contribution >= 0.6 is 11.6 Å². The van der Waals surface area contributed by atoms with Crippen LogP contribution in [-0.2, 0) is 10.0 Å². The smallest absolute Gasteiger partial charge is 0.207 e. The average molecular weight is 342 g/mol. The molecule has 2 aliphatic rings. The zero-order valence-electron chi connectivity index (χ0n) is 13.7. The largest absolute Gasteiger partial charge is 0.244 e. The summed E-state index contributed by atoms with van der Waals surface area (Å²) in [5.74, 6) is 0. The molecule has 3 nitrogen and oxygen atoms in total. The number of aryl methyl sites for hydroxylation is 1. The standard InChI is InChI=1S/C17H24ClNO2S/c1-12-5-6-15(14(18)7-12)22(20,21)19-11-17(4)9-13(19)8-16(2,3)10-17/h5-7,13H,8-11H2,1-4H3. The van der Waals surface area contributed by atoms with E-state index < -0.39 is 10.0 Å². The lowest BCUT2D eigenvalue weighted by molar-refractivity contribution is 0.133. The molecule has 0 radical (unpaired) electrons. The van der Waals surface area contributed by atoms with E-state index in [2.05, 4.69) is 20.8 Å². The number of halogens is 1. The third-order valence-corrected chi connectivity index (χ3v) is 7.42. The molecule has 2 unspecified atom stereocenters. The number of rotatable bonds is 2. The summed E-state index contributed by atoms with van der Waals surface area (Å²) in [6.45, 7) is 9.22. The number of hydrogen-bond donors (Lipinski definition) is 0. The Labute approximate surface area is 138 Å². The van der Waals surface area contributed by atoms with Gasteiger partial charge < -0.3 is 0 Å². The fourth-order valence-electron chi connectivity index (χ4n) is 4.63. The van der Waals surface area contributed by atoms with E-state index in [-0.39, 0.29) is 21.8 Å². The molecule has 0 aromatic heterocycles. The van der Waals surface area contributed by atoms with Gasteiger partial charge in [0.25, 0.3) is 0 Å². The first-order valence-electron chi connectivity index (χ1n) is 7.81. The van der Waals surface area contributed by atoms with Gasteiger partial charge in [-0.3, -0.25) is 0 Å². The topological polar surface area (TPSA) is 37.4 Å². The van der Waals surface area contributed by atoms with E-state index in [1.807, 2.05) is 13.0 Å². The van der Waals surface area contributed by atoms with E-state index in [1.165, 1.54) is 0 Å². The summed E-state index contributed by atoms with van der Waals surface area (Å²) in [6.07, 6.45) is 2.95. The Morgan fingerprint density at radius 1 is 1.23 bits per heavy atom. The highest BCUT2D eigenvalue weighted by Gasteiger charge is 2.53. The predicted octanol–water partition coefficient (Wildman–Crippen LogP) is 4.24. The van der Waals surface area contributed by atoms with Gasteiger partial charge in [0.05, 0.1) is 5.02 Å². The molecule has 0 N–H and O–H groups in total. The Kier molecular flexibility index (Phi) is 3.67. The molecule has 1 aliphatic heterocycles. The van der Waals surface area contributed by atoms with Crippen LogP contribution in [0.3, 0.4) is 0 Å². The minimum atomic E-state index is -3.53. The van der Waals surface area contributed by atoms with Crippen molar-refractivity contribution in [3.63, 3.8) is 0 Å². The lowest BCUT2D eigenvalue weighted by Crippen LogP contribution is -2.37. The van der Waals surface area contributed by atoms with E-state index in [4.69, 9.17) is 11.6 Å². The first-order chi connectivity index (χ1) is 10.0. The van der Waals surface area contributed by atoms with Gasteiger partial charge in [-0.05, 0) is 54.7 Å². The predicted molar refractivity (Wildman–Crippen MR) is 89.6 cm³/mol. The molecule has 1 saturated carbocycles. The van der Waals surface area contributed by atoms with Crippen molar-refractivity contribution in [1.29, 1.82) is 0 Å². The monoisotopic (exact) mass is 341 g/mol. The van der Waals surface area contributed by atoms with Gasteiger partial charge in [0, 0.05) is 12.6 Å². The molecule has 1 saturated heterocycles. The first-order valence-corrected chi connectivity index (χ1v) is 9.62. The van der Waals surface area contributed by atoms with E-state index >= 15 is 0 Å². The van der Waals surface area contributed by atoms with Gasteiger partial charge in [-0.1, -0.05) is 38.4 Å². The third-order valence-electron chi connectivity index (χ3n) is 5.04. The van der Waals surface area contributed by atoms with Crippen molar-refractivity contribution in [2.75, 3.05) is 6.54 Å². The van der Waals surface area contributed by atoms with Gasteiger partial charge in [-0.25, -0.2) is 8.42 Å². The molecule has 2 bridgehead atoms. The molecule has 0 amide bonds. The highest BCUT2D eigenvalue weighted by atomic mass is 35.5. The van der Waals surface area contributed by atoms with Crippen molar-refractivity contribution in [3.8, 4) is 0 Å². The SMILES string of the molecule is Cc1ccc(S(=O)(=O)N2CC3(C)CC2CC(C)(C)C3)c(Cl)c1. The second-order valence-corrected chi connectivity index (χ2v) is 10.5. The highest BCUT2D eigenvalue weighted by molar-refractivity contribution is 7.89. The highest BCUT2D eigenvalue weighted by Crippen LogP contribution is 2.53. The fourth-order valence-corrected chi connectivity index (χ4v) is 6.98. The minimum absolute atomic E-state index is 0.0800. The Morgan fingerprint density at radius 3 is 2.55 bits per heavy atom. The van der Waals surface area contributed by atoms with Crippen molar-refractivity contribution in [1.82, 2.24) is 4.31 Å². The summed E-state index contributed by atoms with van der Waals surface area (Å²) in [4.78, 5) is 0.244. The Balaban J connectivity index is 2.00. The lowest BCUT2D eigenvalue weighted by atomic mass is 9.65. The van der Waals surface area contributed by atoms with Crippen molar-refractivity contribution < 1.29 is 8.42 Å². The zero-order valence-corrected chi connectivity index (χ0v) is 15.3. The molecule has 1 aliphatic carbocycles. The van der Waals surface area contributed by atoms with Gasteiger partial charge in [0.15, 0.2) is 0 Å². The van der Waals surface area contributed by atoms with Crippen LogP contribution in [0, 0.1) is 17.8 Å². The van der Waals surface area contributed by atoms with Crippen LogP contribution < -0.4 is 0 Å². The number of nitrogens with zero attached hydrogens (tertiary/aromatic N) is 1. The molecule has 3 rings (SSSR count). The first kappa shape index (κ1) is 16.3. The van der Waals surface area contributed by atoms with Crippen LogP contribution in [-0.4, -0.2) is 25.3 Å². The molecule has 22 heavy (non-hydrogen) atoms. The lowest BCUT2D eigenvalue weighted by Gasteiger charge is -2.39. The van der Waals surface area contributed by atoms with Crippen molar-refractivity contribution in [2.24, 2.45) is 10.8 Å². The summed E-state index contributed by atoms with van der Waals surface area (Å²) < 4.78 is 27.9. The van der Waals surface area contributed by atoms with Gasteiger partial charge in [-0.15, -0.1) is 0 Å². The summed E-state index contributed by atoms with van der Waals surface area (Å²) in [7, 11) is -3.53. The summed E-state index contributed by atoms with van der Waals surface area (Å²) in [5, 5.41) is 0.325.